The van der Waals surface area contributed by atoms with Gasteiger partial charge in [-0.3, -0.25) is 4.90 Å². The van der Waals surface area contributed by atoms with Crippen molar-refractivity contribution in [2.75, 3.05) is 32.8 Å². The van der Waals surface area contributed by atoms with Gasteiger partial charge in [0.15, 0.2) is 0 Å². The predicted octanol–water partition coefficient (Wildman–Crippen LogP) is 3.23. The van der Waals surface area contributed by atoms with Crippen LogP contribution in [0.3, 0.4) is 0 Å². The number of hydrogen-bond donors (Lipinski definition) is 1. The second kappa shape index (κ2) is 7.92. The Morgan fingerprint density at radius 1 is 1.29 bits per heavy atom. The van der Waals surface area contributed by atoms with Crippen molar-refractivity contribution in [3.05, 3.63) is 35.9 Å². The lowest BCUT2D eigenvalue weighted by atomic mass is 9.90. The van der Waals surface area contributed by atoms with Crippen LogP contribution in [0.15, 0.2) is 30.3 Å². The quantitative estimate of drug-likeness (QED) is 0.780. The van der Waals surface area contributed by atoms with Crippen molar-refractivity contribution in [1.82, 2.24) is 10.2 Å². The van der Waals surface area contributed by atoms with E-state index in [1.165, 1.54) is 12.0 Å². The minimum atomic E-state index is 0.261. The van der Waals surface area contributed by atoms with Crippen LogP contribution in [0.25, 0.3) is 0 Å². The molecule has 118 valence electrons. The summed E-state index contributed by atoms with van der Waals surface area (Å²) >= 11 is 0. The minimum Gasteiger partial charge on any atom is -0.382 e. The summed E-state index contributed by atoms with van der Waals surface area (Å²) in [6.45, 7) is 11.7. The predicted molar refractivity (Wildman–Crippen MR) is 88.6 cm³/mol. The van der Waals surface area contributed by atoms with E-state index in [0.29, 0.717) is 6.04 Å². The number of nitrogens with one attached hydrogen (secondary N) is 1. The van der Waals surface area contributed by atoms with E-state index in [1.807, 2.05) is 0 Å². The van der Waals surface area contributed by atoms with Crippen LogP contribution in [0.2, 0.25) is 0 Å². The van der Waals surface area contributed by atoms with E-state index in [4.69, 9.17) is 4.74 Å². The Hall–Kier alpha value is -0.900. The average molecular weight is 290 g/mol. The second-order valence-electron chi connectivity index (χ2n) is 6.19. The molecule has 0 bridgehead atoms. The van der Waals surface area contributed by atoms with E-state index in [-0.39, 0.29) is 5.54 Å². The largest absolute Gasteiger partial charge is 0.382 e. The fourth-order valence-electron chi connectivity index (χ4n) is 3.08. The Morgan fingerprint density at radius 3 is 2.71 bits per heavy atom. The molecule has 0 radical (unpaired) electrons. The van der Waals surface area contributed by atoms with Gasteiger partial charge in [0.1, 0.15) is 0 Å². The summed E-state index contributed by atoms with van der Waals surface area (Å²) in [7, 11) is 0. The molecule has 0 saturated carbocycles. The highest BCUT2D eigenvalue weighted by atomic mass is 16.5. The molecule has 1 aliphatic rings. The summed E-state index contributed by atoms with van der Waals surface area (Å²) in [5.41, 5.74) is 1.66. The molecule has 3 nitrogen and oxygen atoms in total. The summed E-state index contributed by atoms with van der Waals surface area (Å²) in [5.74, 6) is 0. The highest BCUT2D eigenvalue weighted by molar-refractivity contribution is 5.20. The molecule has 1 heterocycles. The zero-order chi connectivity index (χ0) is 15.1. The zero-order valence-corrected chi connectivity index (χ0v) is 13.8. The molecular weight excluding hydrogens is 260 g/mol. The maximum Gasteiger partial charge on any atom is 0.0478 e. The summed E-state index contributed by atoms with van der Waals surface area (Å²) in [6.07, 6.45) is 2.29. The smallest absolute Gasteiger partial charge is 0.0478 e. The van der Waals surface area contributed by atoms with Crippen molar-refractivity contribution in [3.63, 3.8) is 0 Å². The van der Waals surface area contributed by atoms with Crippen molar-refractivity contribution in [1.29, 1.82) is 0 Å². The first-order valence-corrected chi connectivity index (χ1v) is 8.30. The standard InChI is InChI=1S/C18H30N2O/c1-4-18(3)15-19-17(16-10-7-6-8-11-16)14-20(18)12-9-13-21-5-2/h6-8,10-11,17,19H,4-5,9,12-15H2,1-3H3. The average Bonchev–Trinajstić information content (AvgIpc) is 2.54. The minimum absolute atomic E-state index is 0.261. The molecule has 1 aromatic carbocycles. The number of nitrogens with zero attached hydrogens (tertiary/aromatic N) is 1. The Bertz CT molecular complexity index is 409. The Morgan fingerprint density at radius 2 is 2.05 bits per heavy atom. The Labute approximate surface area is 129 Å². The molecule has 0 amide bonds. The lowest BCUT2D eigenvalue weighted by Gasteiger charge is -2.48. The number of benzene rings is 1. The normalized spacial score (nSPS) is 26.9. The summed E-state index contributed by atoms with van der Waals surface area (Å²) in [4.78, 5) is 2.65. The second-order valence-corrected chi connectivity index (χ2v) is 6.19. The van der Waals surface area contributed by atoms with Gasteiger partial charge in [0.2, 0.25) is 0 Å². The van der Waals surface area contributed by atoms with Crippen molar-refractivity contribution in [3.8, 4) is 0 Å². The molecule has 1 saturated heterocycles. The first kappa shape index (κ1) is 16.5. The van der Waals surface area contributed by atoms with Crippen molar-refractivity contribution in [2.24, 2.45) is 0 Å². The van der Waals surface area contributed by atoms with Crippen molar-refractivity contribution < 1.29 is 4.74 Å². The van der Waals surface area contributed by atoms with Crippen LogP contribution in [0.5, 0.6) is 0 Å². The number of hydrogen-bond acceptors (Lipinski definition) is 3. The molecule has 3 heteroatoms. The van der Waals surface area contributed by atoms with Crippen LogP contribution in [0, 0.1) is 0 Å². The molecule has 0 spiro atoms. The van der Waals surface area contributed by atoms with E-state index in [2.05, 4.69) is 61.3 Å². The molecule has 21 heavy (non-hydrogen) atoms. The maximum atomic E-state index is 5.50. The maximum absolute atomic E-state index is 5.50. The van der Waals surface area contributed by atoms with Gasteiger partial charge >= 0.3 is 0 Å². The number of rotatable bonds is 7. The van der Waals surface area contributed by atoms with Crippen LogP contribution in [-0.4, -0.2) is 43.3 Å². The van der Waals surface area contributed by atoms with Gasteiger partial charge in [0, 0.05) is 44.4 Å². The van der Waals surface area contributed by atoms with E-state index < -0.39 is 0 Å². The Kier molecular flexibility index (Phi) is 6.22. The molecule has 1 aromatic rings. The molecule has 1 fully saturated rings. The third-order valence-electron chi connectivity index (χ3n) is 4.78. The van der Waals surface area contributed by atoms with Crippen LogP contribution >= 0.6 is 0 Å². The lowest BCUT2D eigenvalue weighted by Crippen LogP contribution is -2.60. The van der Waals surface area contributed by atoms with Crippen LogP contribution < -0.4 is 5.32 Å². The lowest BCUT2D eigenvalue weighted by molar-refractivity contribution is 0.0375. The molecule has 0 aromatic heterocycles. The molecule has 2 atom stereocenters. The number of ether oxygens (including phenoxy) is 1. The van der Waals surface area contributed by atoms with Gasteiger partial charge < -0.3 is 10.1 Å². The highest BCUT2D eigenvalue weighted by Crippen LogP contribution is 2.28. The summed E-state index contributed by atoms with van der Waals surface area (Å²) in [6, 6.07) is 11.2. The van der Waals surface area contributed by atoms with E-state index in [1.54, 1.807) is 0 Å². The number of piperazine rings is 1. The van der Waals surface area contributed by atoms with Gasteiger partial charge in [0.05, 0.1) is 0 Å². The molecule has 1 N–H and O–H groups in total. The molecule has 1 aliphatic heterocycles. The molecular formula is C18H30N2O. The molecule has 2 rings (SSSR count). The van der Waals surface area contributed by atoms with Gasteiger partial charge in [-0.2, -0.15) is 0 Å². The first-order chi connectivity index (χ1) is 10.2. The topological polar surface area (TPSA) is 24.5 Å². The monoisotopic (exact) mass is 290 g/mol. The van der Waals surface area contributed by atoms with Gasteiger partial charge in [-0.05, 0) is 32.3 Å². The summed E-state index contributed by atoms with van der Waals surface area (Å²) < 4.78 is 5.50. The third kappa shape index (κ3) is 4.29. The van der Waals surface area contributed by atoms with E-state index in [9.17, 15) is 0 Å². The molecule has 2 unspecified atom stereocenters. The fourth-order valence-corrected chi connectivity index (χ4v) is 3.08. The van der Waals surface area contributed by atoms with Crippen LogP contribution in [0.4, 0.5) is 0 Å². The Balaban J connectivity index is 1.98. The molecule has 0 aliphatic carbocycles. The van der Waals surface area contributed by atoms with E-state index >= 15 is 0 Å². The SMILES string of the molecule is CCOCCCN1CC(c2ccccc2)NCC1(C)CC. The van der Waals surface area contributed by atoms with Gasteiger partial charge in [-0.15, -0.1) is 0 Å². The van der Waals surface area contributed by atoms with Gasteiger partial charge in [-0.1, -0.05) is 37.3 Å². The van der Waals surface area contributed by atoms with Crippen molar-refractivity contribution >= 4 is 0 Å². The van der Waals surface area contributed by atoms with Gasteiger partial charge in [0.25, 0.3) is 0 Å². The zero-order valence-electron chi connectivity index (χ0n) is 13.8. The first-order valence-electron chi connectivity index (χ1n) is 8.30. The fraction of sp³-hybridized carbons (Fsp3) is 0.667. The van der Waals surface area contributed by atoms with Crippen LogP contribution in [-0.2, 0) is 4.74 Å². The van der Waals surface area contributed by atoms with Crippen LogP contribution in [0.1, 0.15) is 45.2 Å². The van der Waals surface area contributed by atoms with E-state index in [0.717, 1.165) is 39.3 Å². The van der Waals surface area contributed by atoms with Gasteiger partial charge in [-0.25, -0.2) is 0 Å². The summed E-state index contributed by atoms with van der Waals surface area (Å²) in [5, 5.41) is 3.74. The third-order valence-corrected chi connectivity index (χ3v) is 4.78. The van der Waals surface area contributed by atoms with Crippen molar-refractivity contribution in [2.45, 2.75) is 45.2 Å². The highest BCUT2D eigenvalue weighted by Gasteiger charge is 2.36.